The van der Waals surface area contributed by atoms with E-state index in [-0.39, 0.29) is 0 Å². The van der Waals surface area contributed by atoms with Crippen molar-refractivity contribution in [3.8, 4) is 11.3 Å². The molecule has 0 unspecified atom stereocenters. The summed E-state index contributed by atoms with van der Waals surface area (Å²) in [6, 6.07) is 15.2. The normalized spacial score (nSPS) is 11.6. The molecule has 0 spiro atoms. The Kier molecular flexibility index (Phi) is 3.76. The van der Waals surface area contributed by atoms with E-state index in [0.717, 1.165) is 11.4 Å². The molecule has 0 N–H and O–H groups in total. The fourth-order valence-corrected chi connectivity index (χ4v) is 3.74. The number of benzene rings is 2. The first-order chi connectivity index (χ1) is 12.0. The molecular weight excluding hydrogens is 304 g/mol. The van der Waals surface area contributed by atoms with Crippen LogP contribution >= 0.6 is 0 Å². The second-order valence-electron chi connectivity index (χ2n) is 7.15. The van der Waals surface area contributed by atoms with E-state index in [1.54, 1.807) is 0 Å². The van der Waals surface area contributed by atoms with E-state index in [1.807, 2.05) is 12.4 Å². The molecule has 0 bridgehead atoms. The molecule has 0 saturated heterocycles. The van der Waals surface area contributed by atoms with Crippen molar-refractivity contribution in [2.75, 3.05) is 0 Å². The molecule has 124 valence electrons. The quantitative estimate of drug-likeness (QED) is 0.410. The lowest BCUT2D eigenvalue weighted by atomic mass is 9.94. The summed E-state index contributed by atoms with van der Waals surface area (Å²) in [7, 11) is 0. The van der Waals surface area contributed by atoms with Crippen LogP contribution in [-0.2, 0) is 0 Å². The van der Waals surface area contributed by atoms with Crippen LogP contribution in [0.15, 0.2) is 54.9 Å². The van der Waals surface area contributed by atoms with Crippen LogP contribution in [-0.4, -0.2) is 9.97 Å². The molecule has 2 aromatic heterocycles. The molecule has 2 aromatic carbocycles. The molecule has 0 saturated carbocycles. The van der Waals surface area contributed by atoms with Crippen molar-refractivity contribution >= 4 is 21.5 Å². The zero-order chi connectivity index (χ0) is 17.6. The second kappa shape index (κ2) is 5.96. The number of hydrogen-bond acceptors (Lipinski definition) is 2. The summed E-state index contributed by atoms with van der Waals surface area (Å²) in [5, 5.41) is 4.92. The Morgan fingerprint density at radius 1 is 0.760 bits per heavy atom. The minimum absolute atomic E-state index is 0.382. The number of pyridine rings is 2. The van der Waals surface area contributed by atoms with Gasteiger partial charge in [0.15, 0.2) is 0 Å². The highest BCUT2D eigenvalue weighted by Crippen LogP contribution is 2.35. The Morgan fingerprint density at radius 3 is 2.20 bits per heavy atom. The maximum atomic E-state index is 4.72. The molecule has 0 atom stereocenters. The number of hydrogen-bond donors (Lipinski definition) is 0. The van der Waals surface area contributed by atoms with E-state index < -0.39 is 0 Å². The molecule has 2 nitrogen and oxygen atoms in total. The van der Waals surface area contributed by atoms with E-state index in [1.165, 1.54) is 38.2 Å². The molecule has 0 amide bonds. The summed E-state index contributed by atoms with van der Waals surface area (Å²) < 4.78 is 0. The summed E-state index contributed by atoms with van der Waals surface area (Å²) >= 11 is 0. The monoisotopic (exact) mass is 326 g/mol. The van der Waals surface area contributed by atoms with Gasteiger partial charge in [0.2, 0.25) is 0 Å². The maximum absolute atomic E-state index is 4.72. The van der Waals surface area contributed by atoms with Crippen LogP contribution in [0, 0.1) is 13.8 Å². The smallest absolute Gasteiger partial charge is 0.0780 e. The average Bonchev–Trinajstić information content (AvgIpc) is 2.59. The van der Waals surface area contributed by atoms with Crippen molar-refractivity contribution in [3.05, 3.63) is 71.7 Å². The Labute approximate surface area is 148 Å². The van der Waals surface area contributed by atoms with Gasteiger partial charge in [-0.25, -0.2) is 0 Å². The molecule has 0 aliphatic carbocycles. The number of nitrogens with zero attached hydrogens (tertiary/aromatic N) is 2. The molecule has 4 rings (SSSR count). The molecule has 25 heavy (non-hydrogen) atoms. The lowest BCUT2D eigenvalue weighted by molar-refractivity contribution is 0.835. The Bertz CT molecular complexity index is 1070. The van der Waals surface area contributed by atoms with Crippen LogP contribution in [0.3, 0.4) is 0 Å². The van der Waals surface area contributed by atoms with Crippen molar-refractivity contribution in [3.63, 3.8) is 0 Å². The van der Waals surface area contributed by atoms with Crippen LogP contribution in [0.1, 0.15) is 36.6 Å². The van der Waals surface area contributed by atoms with Gasteiger partial charge in [0.1, 0.15) is 0 Å². The zero-order valence-electron chi connectivity index (χ0n) is 15.2. The average molecular weight is 326 g/mol. The standard InChI is InChI=1S/C23H22N2/c1-14(2)22-21-17(7-9-24-22)5-6-20-19(21)8-10-25-23(20)18-12-15(3)11-16(4)13-18/h5-14H,1-4H3. The molecule has 2 heterocycles. The van der Waals surface area contributed by atoms with Gasteiger partial charge in [-0.1, -0.05) is 43.2 Å². The topological polar surface area (TPSA) is 25.8 Å². The largest absolute Gasteiger partial charge is 0.260 e. The van der Waals surface area contributed by atoms with E-state index in [2.05, 4.69) is 75.1 Å². The Hall–Kier alpha value is -2.74. The predicted molar refractivity (Wildman–Crippen MR) is 106 cm³/mol. The fraction of sp³-hybridized carbons (Fsp3) is 0.217. The van der Waals surface area contributed by atoms with Gasteiger partial charge in [-0.3, -0.25) is 9.97 Å². The van der Waals surface area contributed by atoms with Crippen molar-refractivity contribution < 1.29 is 0 Å². The lowest BCUT2D eigenvalue weighted by Crippen LogP contribution is -1.96. The molecule has 0 aliphatic heterocycles. The van der Waals surface area contributed by atoms with Crippen molar-refractivity contribution in [1.29, 1.82) is 0 Å². The first-order valence-electron chi connectivity index (χ1n) is 8.79. The van der Waals surface area contributed by atoms with Crippen LogP contribution in [0.2, 0.25) is 0 Å². The van der Waals surface area contributed by atoms with Gasteiger partial charge in [-0.2, -0.15) is 0 Å². The number of rotatable bonds is 2. The number of fused-ring (bicyclic) bond motifs is 3. The van der Waals surface area contributed by atoms with E-state index in [9.17, 15) is 0 Å². The number of aromatic nitrogens is 2. The highest BCUT2D eigenvalue weighted by Gasteiger charge is 2.13. The van der Waals surface area contributed by atoms with Crippen molar-refractivity contribution in [2.24, 2.45) is 0 Å². The summed E-state index contributed by atoms with van der Waals surface area (Å²) in [4.78, 5) is 9.39. The van der Waals surface area contributed by atoms with Crippen LogP contribution in [0.5, 0.6) is 0 Å². The van der Waals surface area contributed by atoms with Crippen LogP contribution in [0.25, 0.3) is 32.8 Å². The summed E-state index contributed by atoms with van der Waals surface area (Å²) in [5.41, 5.74) is 5.90. The molecular formula is C23H22N2. The first-order valence-corrected chi connectivity index (χ1v) is 8.79. The highest BCUT2D eigenvalue weighted by molar-refractivity contribution is 6.12. The Morgan fingerprint density at radius 2 is 1.48 bits per heavy atom. The molecule has 2 heteroatoms. The van der Waals surface area contributed by atoms with Crippen molar-refractivity contribution in [1.82, 2.24) is 9.97 Å². The second-order valence-corrected chi connectivity index (χ2v) is 7.15. The minimum Gasteiger partial charge on any atom is -0.260 e. The van der Waals surface area contributed by atoms with E-state index in [4.69, 9.17) is 4.98 Å². The maximum Gasteiger partial charge on any atom is 0.0780 e. The van der Waals surface area contributed by atoms with Gasteiger partial charge in [0, 0.05) is 28.7 Å². The van der Waals surface area contributed by atoms with E-state index >= 15 is 0 Å². The summed E-state index contributed by atoms with van der Waals surface area (Å²) in [6.07, 6.45) is 3.83. The van der Waals surface area contributed by atoms with Gasteiger partial charge in [0.05, 0.1) is 11.4 Å². The lowest BCUT2D eigenvalue weighted by Gasteiger charge is -2.14. The molecule has 4 aromatic rings. The minimum atomic E-state index is 0.382. The van der Waals surface area contributed by atoms with Gasteiger partial charge in [0.25, 0.3) is 0 Å². The van der Waals surface area contributed by atoms with Crippen molar-refractivity contribution in [2.45, 2.75) is 33.6 Å². The van der Waals surface area contributed by atoms with Gasteiger partial charge >= 0.3 is 0 Å². The van der Waals surface area contributed by atoms with E-state index in [0.29, 0.717) is 5.92 Å². The third-order valence-electron chi connectivity index (χ3n) is 4.74. The molecule has 0 fully saturated rings. The predicted octanol–water partition coefficient (Wildman–Crippen LogP) is 6.19. The van der Waals surface area contributed by atoms with Gasteiger partial charge in [-0.15, -0.1) is 0 Å². The Balaban J connectivity index is 2.10. The SMILES string of the molecule is Cc1cc(C)cc(-c2nccc3c2ccc2ccnc(C(C)C)c23)c1. The summed E-state index contributed by atoms with van der Waals surface area (Å²) in [6.45, 7) is 8.68. The molecule has 0 radical (unpaired) electrons. The number of aryl methyl sites for hydroxylation is 2. The zero-order valence-corrected chi connectivity index (χ0v) is 15.2. The highest BCUT2D eigenvalue weighted by atomic mass is 14.7. The first kappa shape index (κ1) is 15.8. The van der Waals surface area contributed by atoms with Gasteiger partial charge < -0.3 is 0 Å². The third kappa shape index (κ3) is 2.68. The van der Waals surface area contributed by atoms with Crippen LogP contribution in [0.4, 0.5) is 0 Å². The summed E-state index contributed by atoms with van der Waals surface area (Å²) in [5.74, 6) is 0.382. The van der Waals surface area contributed by atoms with Crippen LogP contribution < -0.4 is 0 Å². The molecule has 0 aliphatic rings. The van der Waals surface area contributed by atoms with Gasteiger partial charge in [-0.05, 0) is 54.8 Å². The third-order valence-corrected chi connectivity index (χ3v) is 4.74. The fourth-order valence-electron chi connectivity index (χ4n) is 3.74.